The lowest BCUT2D eigenvalue weighted by Crippen LogP contribution is -2.34. The molecule has 5 heteroatoms. The molecule has 0 aliphatic rings. The minimum atomic E-state index is -0.0669. The molecule has 1 aromatic rings. The third-order valence-electron chi connectivity index (χ3n) is 4.97. The summed E-state index contributed by atoms with van der Waals surface area (Å²) in [4.78, 5) is 19.1. The fraction of sp³-hybridized carbons (Fsp3) is 0.500. The maximum Gasteiger partial charge on any atom is 0.256 e. The molecule has 0 saturated heterocycles. The van der Waals surface area contributed by atoms with Crippen LogP contribution in [-0.4, -0.2) is 41.9 Å². The van der Waals surface area contributed by atoms with Crippen molar-refractivity contribution in [3.05, 3.63) is 58.2 Å². The van der Waals surface area contributed by atoms with Crippen LogP contribution in [0, 0.1) is 0 Å². The van der Waals surface area contributed by atoms with E-state index in [4.69, 9.17) is 0 Å². The van der Waals surface area contributed by atoms with E-state index in [0.717, 1.165) is 30.2 Å². The lowest BCUT2D eigenvalue weighted by atomic mass is 10.1. The monoisotopic (exact) mass is 398 g/mol. The third-order valence-corrected chi connectivity index (χ3v) is 4.97. The second-order valence-electron chi connectivity index (χ2n) is 7.51. The van der Waals surface area contributed by atoms with Crippen molar-refractivity contribution in [2.45, 2.75) is 60.4 Å². The molecule has 29 heavy (non-hydrogen) atoms. The van der Waals surface area contributed by atoms with Crippen molar-refractivity contribution >= 4 is 17.6 Å². The molecule has 0 aromatic carbocycles. The van der Waals surface area contributed by atoms with Gasteiger partial charge in [-0.3, -0.25) is 19.3 Å². The van der Waals surface area contributed by atoms with Gasteiger partial charge in [-0.15, -0.1) is 0 Å². The summed E-state index contributed by atoms with van der Waals surface area (Å²) in [5, 5.41) is 2.97. The van der Waals surface area contributed by atoms with Gasteiger partial charge in [-0.05, 0) is 65.3 Å². The van der Waals surface area contributed by atoms with Gasteiger partial charge >= 0.3 is 0 Å². The average Bonchev–Trinajstić information content (AvgIpc) is 2.71. The number of hydrogen-bond donors (Lipinski definition) is 1. The molecule has 0 fully saturated rings. The molecule has 1 atom stereocenters. The maximum atomic E-state index is 12.1. The fourth-order valence-corrected chi connectivity index (χ4v) is 2.95. The number of hydrogen-bond acceptors (Lipinski definition) is 4. The van der Waals surface area contributed by atoms with Crippen molar-refractivity contribution in [1.29, 1.82) is 0 Å². The summed E-state index contributed by atoms with van der Waals surface area (Å²) in [6.45, 7) is 14.9. The zero-order chi connectivity index (χ0) is 21.8. The molecule has 0 radical (unpaired) electrons. The molecular weight excluding hydrogens is 360 g/mol. The first kappa shape index (κ1) is 24.6. The van der Waals surface area contributed by atoms with E-state index in [1.54, 1.807) is 30.1 Å². The van der Waals surface area contributed by atoms with Crippen LogP contribution in [0.25, 0.3) is 5.70 Å². The zero-order valence-corrected chi connectivity index (χ0v) is 19.2. The van der Waals surface area contributed by atoms with Crippen LogP contribution in [0.3, 0.4) is 0 Å². The summed E-state index contributed by atoms with van der Waals surface area (Å²) in [6, 6.07) is 4.05. The number of nitrogens with zero attached hydrogens (tertiary/aromatic N) is 3. The summed E-state index contributed by atoms with van der Waals surface area (Å²) < 4.78 is 1.60. The molecule has 1 unspecified atom stereocenters. The highest BCUT2D eigenvalue weighted by Crippen LogP contribution is 2.09. The Hall–Kier alpha value is -2.40. The molecule has 1 rings (SSSR count). The highest BCUT2D eigenvalue weighted by molar-refractivity contribution is 5.79. The van der Waals surface area contributed by atoms with Gasteiger partial charge in [-0.2, -0.15) is 0 Å². The van der Waals surface area contributed by atoms with Crippen LogP contribution >= 0.6 is 0 Å². The summed E-state index contributed by atoms with van der Waals surface area (Å²) in [5.41, 5.74) is 3.82. The van der Waals surface area contributed by atoms with Crippen LogP contribution in [-0.2, 0) is 0 Å². The molecule has 0 bridgehead atoms. The predicted molar refractivity (Wildman–Crippen MR) is 128 cm³/mol. The van der Waals surface area contributed by atoms with Crippen LogP contribution in [0.4, 0.5) is 5.69 Å². The van der Waals surface area contributed by atoms with Gasteiger partial charge in [0.05, 0.1) is 0 Å². The van der Waals surface area contributed by atoms with Gasteiger partial charge in [-0.1, -0.05) is 25.5 Å². The molecule has 0 amide bonds. The van der Waals surface area contributed by atoms with Crippen molar-refractivity contribution in [3.63, 3.8) is 0 Å². The Morgan fingerprint density at radius 3 is 2.55 bits per heavy atom. The second-order valence-corrected chi connectivity index (χ2v) is 7.51. The fourth-order valence-electron chi connectivity index (χ4n) is 2.95. The Morgan fingerprint density at radius 2 is 1.97 bits per heavy atom. The molecule has 1 heterocycles. The standard InChI is InChI=1S/C24H38N4O/c1-8-15-27(21(5)9-2)18-19(3)10-11-20(4)26-14-12-22(6)28-16-13-23(25-7)17-24(28)29/h10-14,16-17,21,25H,8-9,15,18H2,1-7H3/b19-10+,20-11+,22-12+,26-14+. The lowest BCUT2D eigenvalue weighted by Gasteiger charge is -2.28. The Labute approximate surface area is 176 Å². The molecule has 0 saturated carbocycles. The zero-order valence-electron chi connectivity index (χ0n) is 19.2. The number of aromatic nitrogens is 1. The first-order valence-corrected chi connectivity index (χ1v) is 10.5. The van der Waals surface area contributed by atoms with Crippen molar-refractivity contribution in [3.8, 4) is 0 Å². The lowest BCUT2D eigenvalue weighted by molar-refractivity contribution is 0.221. The Morgan fingerprint density at radius 1 is 1.24 bits per heavy atom. The molecule has 1 N–H and O–H groups in total. The van der Waals surface area contributed by atoms with Gasteiger partial charge in [0, 0.05) is 55.2 Å². The Bertz CT molecular complexity index is 814. The number of allylic oxidation sites excluding steroid dienone is 5. The highest BCUT2D eigenvalue weighted by Gasteiger charge is 2.10. The van der Waals surface area contributed by atoms with Crippen molar-refractivity contribution in [1.82, 2.24) is 9.47 Å². The third kappa shape index (κ3) is 8.65. The summed E-state index contributed by atoms with van der Waals surface area (Å²) >= 11 is 0. The van der Waals surface area contributed by atoms with E-state index in [-0.39, 0.29) is 5.56 Å². The highest BCUT2D eigenvalue weighted by atomic mass is 16.1. The molecule has 160 valence electrons. The van der Waals surface area contributed by atoms with Crippen LogP contribution < -0.4 is 10.9 Å². The van der Waals surface area contributed by atoms with Crippen LogP contribution in [0.15, 0.2) is 57.6 Å². The van der Waals surface area contributed by atoms with Crippen molar-refractivity contribution in [2.24, 2.45) is 4.99 Å². The number of nitrogens with one attached hydrogen (secondary N) is 1. The minimum Gasteiger partial charge on any atom is -0.388 e. The molecule has 0 aliphatic heterocycles. The quantitative estimate of drug-likeness (QED) is 0.413. The van der Waals surface area contributed by atoms with Gasteiger partial charge in [0.15, 0.2) is 0 Å². The van der Waals surface area contributed by atoms with E-state index in [1.807, 2.05) is 32.1 Å². The molecule has 1 aromatic heterocycles. The van der Waals surface area contributed by atoms with Crippen molar-refractivity contribution < 1.29 is 0 Å². The molecule has 0 aliphatic carbocycles. The van der Waals surface area contributed by atoms with Crippen LogP contribution in [0.5, 0.6) is 0 Å². The minimum absolute atomic E-state index is 0.0669. The number of anilines is 1. The van der Waals surface area contributed by atoms with E-state index < -0.39 is 0 Å². The molecule has 5 nitrogen and oxygen atoms in total. The molecular formula is C24H38N4O. The SMILES string of the molecule is CCCN(C/C(C)=C/C=C(C)/N=C/C=C(\C)n1ccc(NC)cc1=O)C(C)CC. The van der Waals surface area contributed by atoms with Gasteiger partial charge in [0.1, 0.15) is 0 Å². The summed E-state index contributed by atoms with van der Waals surface area (Å²) in [5.74, 6) is 0. The van der Waals surface area contributed by atoms with Gasteiger partial charge in [0.25, 0.3) is 5.56 Å². The van der Waals surface area contributed by atoms with Gasteiger partial charge < -0.3 is 5.32 Å². The maximum absolute atomic E-state index is 12.1. The number of pyridine rings is 1. The Balaban J connectivity index is 2.78. The van der Waals surface area contributed by atoms with Crippen molar-refractivity contribution in [2.75, 3.05) is 25.5 Å². The summed E-state index contributed by atoms with van der Waals surface area (Å²) in [7, 11) is 1.80. The average molecular weight is 399 g/mol. The van der Waals surface area contributed by atoms with Gasteiger partial charge in [-0.25, -0.2) is 0 Å². The number of rotatable bonds is 11. The smallest absolute Gasteiger partial charge is 0.256 e. The number of aliphatic imine (C=N–C) groups is 1. The topological polar surface area (TPSA) is 49.6 Å². The van der Waals surface area contributed by atoms with E-state index in [1.165, 1.54) is 18.4 Å². The Kier molecular flexibility index (Phi) is 11.0. The predicted octanol–water partition coefficient (Wildman–Crippen LogP) is 5.18. The second kappa shape index (κ2) is 12.9. The largest absolute Gasteiger partial charge is 0.388 e. The normalized spacial score (nSPS) is 14.7. The van der Waals surface area contributed by atoms with Crippen LogP contribution in [0.2, 0.25) is 0 Å². The van der Waals surface area contributed by atoms with E-state index in [2.05, 4.69) is 49.0 Å². The first-order valence-electron chi connectivity index (χ1n) is 10.5. The van der Waals surface area contributed by atoms with E-state index in [0.29, 0.717) is 6.04 Å². The summed E-state index contributed by atoms with van der Waals surface area (Å²) in [6.07, 6.45) is 11.9. The first-order chi connectivity index (χ1) is 13.8. The van der Waals surface area contributed by atoms with Gasteiger partial charge in [0.2, 0.25) is 0 Å². The van der Waals surface area contributed by atoms with E-state index in [9.17, 15) is 4.79 Å². The van der Waals surface area contributed by atoms with Crippen LogP contribution in [0.1, 0.15) is 54.4 Å². The van der Waals surface area contributed by atoms with E-state index >= 15 is 0 Å². The molecule has 0 spiro atoms.